The summed E-state index contributed by atoms with van der Waals surface area (Å²) in [5, 5.41) is 9.07. The van der Waals surface area contributed by atoms with Gasteiger partial charge in [0, 0.05) is 18.7 Å². The van der Waals surface area contributed by atoms with Gasteiger partial charge in [-0.05, 0) is 52.3 Å². The van der Waals surface area contributed by atoms with Crippen molar-refractivity contribution in [1.82, 2.24) is 15.5 Å². The van der Waals surface area contributed by atoms with Crippen molar-refractivity contribution in [3.8, 4) is 0 Å². The molecule has 1 aromatic rings. The molecule has 1 rings (SSSR count). The first-order valence-electron chi connectivity index (χ1n) is 8.56. The van der Waals surface area contributed by atoms with E-state index in [1.54, 1.807) is 20.8 Å². The van der Waals surface area contributed by atoms with E-state index in [4.69, 9.17) is 21.7 Å². The molecule has 0 radical (unpaired) electrons. The van der Waals surface area contributed by atoms with Crippen molar-refractivity contribution in [3.05, 3.63) is 11.8 Å². The van der Waals surface area contributed by atoms with Gasteiger partial charge >= 0.3 is 18.2 Å². The zero-order chi connectivity index (χ0) is 21.4. The zero-order valence-electron chi connectivity index (χ0n) is 16.1. The monoisotopic (exact) mass is 443 g/mol. The van der Waals surface area contributed by atoms with E-state index in [-0.39, 0.29) is 24.8 Å². The van der Waals surface area contributed by atoms with Gasteiger partial charge in [-0.3, -0.25) is 0 Å². The van der Waals surface area contributed by atoms with Gasteiger partial charge in [-0.1, -0.05) is 11.8 Å². The van der Waals surface area contributed by atoms with E-state index >= 15 is 0 Å². The Balaban J connectivity index is 2.62. The Hall–Kier alpha value is -1.56. The third-order valence-electron chi connectivity index (χ3n) is 3.11. The van der Waals surface area contributed by atoms with Crippen LogP contribution < -0.4 is 5.32 Å². The Kier molecular flexibility index (Phi) is 9.48. The Bertz CT molecular complexity index is 648. The number of halogens is 3. The number of nitrogens with zero attached hydrogens (tertiary/aromatic N) is 2. The summed E-state index contributed by atoms with van der Waals surface area (Å²) in [5.74, 6) is -1.13. The first-order valence-corrected chi connectivity index (χ1v) is 9.96. The van der Waals surface area contributed by atoms with Gasteiger partial charge in [0.1, 0.15) is 5.60 Å². The van der Waals surface area contributed by atoms with Gasteiger partial charge in [0.05, 0.1) is 6.61 Å². The van der Waals surface area contributed by atoms with Crippen LogP contribution in [0.25, 0.3) is 0 Å². The fraction of sp³-hybridized carbons (Fsp3) is 0.750. The van der Waals surface area contributed by atoms with Gasteiger partial charge < -0.3 is 19.2 Å². The summed E-state index contributed by atoms with van der Waals surface area (Å²) in [6.45, 7) is 7.73. The number of carbonyl (C=O) groups is 1. The number of aryl methyl sites for hydroxylation is 1. The summed E-state index contributed by atoms with van der Waals surface area (Å²) in [6.07, 6.45) is -4.72. The van der Waals surface area contributed by atoms with Crippen LogP contribution in [0.4, 0.5) is 18.0 Å². The highest BCUT2D eigenvalue weighted by molar-refractivity contribution is 8.22. The lowest BCUT2D eigenvalue weighted by molar-refractivity contribution is -0.157. The number of alkyl carbamates (subject to hydrolysis) is 1. The number of nitrogens with one attached hydrogen (secondary N) is 1. The van der Waals surface area contributed by atoms with Gasteiger partial charge in [-0.15, -0.1) is 10.2 Å². The number of aromatic nitrogens is 2. The summed E-state index contributed by atoms with van der Waals surface area (Å²) in [4.78, 5) is 11.8. The normalized spacial score (nSPS) is 13.1. The second-order valence-electron chi connectivity index (χ2n) is 6.78. The molecule has 1 atom stereocenters. The smallest absolute Gasteiger partial charge is 0.470 e. The highest BCUT2D eigenvalue weighted by Gasteiger charge is 2.38. The molecule has 0 saturated carbocycles. The molecule has 28 heavy (non-hydrogen) atoms. The first kappa shape index (κ1) is 24.5. The first-order chi connectivity index (χ1) is 12.9. The number of thioether (sulfide) groups is 1. The van der Waals surface area contributed by atoms with Crippen molar-refractivity contribution in [1.29, 1.82) is 0 Å². The van der Waals surface area contributed by atoms with Gasteiger partial charge in [-0.2, -0.15) is 13.2 Å². The van der Waals surface area contributed by atoms with E-state index in [0.29, 0.717) is 23.2 Å². The Morgan fingerprint density at radius 2 is 2.00 bits per heavy atom. The maximum absolute atomic E-state index is 12.5. The largest absolute Gasteiger partial charge is 0.479 e. The van der Waals surface area contributed by atoms with E-state index in [1.165, 1.54) is 11.8 Å². The molecule has 0 aliphatic heterocycles. The number of ether oxygens (including phenoxy) is 2. The number of thiocarbonyl (C=S) groups is 1. The third kappa shape index (κ3) is 10.1. The number of rotatable bonds is 8. The second kappa shape index (κ2) is 10.8. The molecule has 1 aromatic heterocycles. The van der Waals surface area contributed by atoms with Gasteiger partial charge in [0.15, 0.2) is 0 Å². The van der Waals surface area contributed by atoms with E-state index < -0.39 is 23.8 Å². The number of alkyl halides is 3. The third-order valence-corrected chi connectivity index (χ3v) is 4.57. The minimum atomic E-state index is -4.68. The number of hydrogen-bond donors (Lipinski definition) is 1. The maximum atomic E-state index is 12.5. The molecule has 0 saturated heterocycles. The van der Waals surface area contributed by atoms with Gasteiger partial charge in [0.2, 0.25) is 10.3 Å². The van der Waals surface area contributed by atoms with Crippen LogP contribution in [0.2, 0.25) is 0 Å². The van der Waals surface area contributed by atoms with Crippen molar-refractivity contribution >= 4 is 34.5 Å². The summed E-state index contributed by atoms with van der Waals surface area (Å²) in [7, 11) is 0. The average molecular weight is 444 g/mol. The molecule has 0 fully saturated rings. The van der Waals surface area contributed by atoms with Crippen LogP contribution >= 0.6 is 24.0 Å². The highest BCUT2D eigenvalue weighted by atomic mass is 32.2. The molecular weight excluding hydrogens is 419 g/mol. The fourth-order valence-electron chi connectivity index (χ4n) is 1.93. The molecule has 1 amide bonds. The van der Waals surface area contributed by atoms with Crippen LogP contribution in [0.15, 0.2) is 4.42 Å². The quantitative estimate of drug-likeness (QED) is 0.598. The summed E-state index contributed by atoms with van der Waals surface area (Å²) >= 11 is 6.35. The predicted molar refractivity (Wildman–Crippen MR) is 102 cm³/mol. The van der Waals surface area contributed by atoms with E-state index in [1.807, 2.05) is 6.92 Å². The number of amides is 1. The molecule has 7 nitrogen and oxygen atoms in total. The molecule has 1 heterocycles. The van der Waals surface area contributed by atoms with Gasteiger partial charge in [-0.25, -0.2) is 4.79 Å². The lowest BCUT2D eigenvalue weighted by atomic mass is 10.1. The second-order valence-corrected chi connectivity index (χ2v) is 8.40. The lowest BCUT2D eigenvalue weighted by Gasteiger charge is -2.21. The average Bonchev–Trinajstić information content (AvgIpc) is 3.02. The molecule has 0 aliphatic rings. The Morgan fingerprint density at radius 1 is 1.32 bits per heavy atom. The van der Waals surface area contributed by atoms with Crippen molar-refractivity contribution in [2.24, 2.45) is 5.92 Å². The molecule has 12 heteroatoms. The maximum Gasteiger partial charge on any atom is 0.470 e. The minimum absolute atomic E-state index is 0.119. The molecule has 160 valence electrons. The standard InChI is InChI=1S/C16H24F3N3O4S2/c1-5-24-14(27)28-9-10(8-20-13(23)26-15(2,3)4)6-7-11-21-22-12(25-11)16(17,18)19/h10H,5-9H2,1-4H3,(H,20,23). The van der Waals surface area contributed by atoms with Crippen molar-refractivity contribution in [2.75, 3.05) is 18.9 Å². The number of hydrogen-bond acceptors (Lipinski definition) is 8. The zero-order valence-corrected chi connectivity index (χ0v) is 17.7. The topological polar surface area (TPSA) is 86.5 Å². The van der Waals surface area contributed by atoms with Crippen molar-refractivity contribution < 1.29 is 31.9 Å². The molecule has 1 N–H and O–H groups in total. The predicted octanol–water partition coefficient (Wildman–Crippen LogP) is 4.22. The fourth-order valence-corrected chi connectivity index (χ4v) is 3.11. The van der Waals surface area contributed by atoms with Crippen LogP contribution in [-0.2, 0) is 22.1 Å². The molecule has 0 aliphatic carbocycles. The highest BCUT2D eigenvalue weighted by Crippen LogP contribution is 2.28. The SMILES string of the molecule is CCOC(=S)SCC(CCc1nnc(C(F)(F)F)o1)CNC(=O)OC(C)(C)C. The molecule has 0 bridgehead atoms. The van der Waals surface area contributed by atoms with E-state index in [9.17, 15) is 18.0 Å². The molecule has 0 aromatic carbocycles. The van der Waals surface area contributed by atoms with E-state index in [0.717, 1.165) is 0 Å². The summed E-state index contributed by atoms with van der Waals surface area (Å²) in [5.41, 5.74) is -0.636. The van der Waals surface area contributed by atoms with Crippen molar-refractivity contribution in [3.63, 3.8) is 0 Å². The summed E-state index contributed by atoms with van der Waals surface area (Å²) in [6, 6.07) is 0. The van der Waals surface area contributed by atoms with Crippen LogP contribution in [0.3, 0.4) is 0 Å². The summed E-state index contributed by atoms with van der Waals surface area (Å²) < 4.78 is 53.0. The van der Waals surface area contributed by atoms with Crippen LogP contribution in [0.5, 0.6) is 0 Å². The van der Waals surface area contributed by atoms with Crippen LogP contribution in [-0.4, -0.2) is 45.2 Å². The van der Waals surface area contributed by atoms with Gasteiger partial charge in [0.25, 0.3) is 0 Å². The molecule has 0 spiro atoms. The lowest BCUT2D eigenvalue weighted by Crippen LogP contribution is -2.36. The van der Waals surface area contributed by atoms with Crippen LogP contribution in [0, 0.1) is 5.92 Å². The van der Waals surface area contributed by atoms with Crippen LogP contribution in [0.1, 0.15) is 45.9 Å². The molecular formula is C16H24F3N3O4S2. The minimum Gasteiger partial charge on any atom is -0.479 e. The Morgan fingerprint density at radius 3 is 2.54 bits per heavy atom. The van der Waals surface area contributed by atoms with E-state index in [2.05, 4.69) is 19.9 Å². The molecule has 1 unspecified atom stereocenters. The Labute approximate surface area is 171 Å². The number of carbonyl (C=O) groups excluding carboxylic acids is 1. The van der Waals surface area contributed by atoms with Crippen molar-refractivity contribution in [2.45, 2.75) is 52.3 Å².